The molecule has 0 saturated heterocycles. The third-order valence-corrected chi connectivity index (χ3v) is 1.56. The number of diazo groups is 1. The molecule has 1 aromatic carbocycles. The van der Waals surface area contributed by atoms with Gasteiger partial charge in [0.05, 0.1) is 0 Å². The molecule has 0 aliphatic heterocycles. The molecule has 4 nitrogen and oxygen atoms in total. The van der Waals surface area contributed by atoms with E-state index in [-0.39, 0.29) is 17.9 Å². The van der Waals surface area contributed by atoms with Crippen LogP contribution in [0.15, 0.2) is 36.9 Å². The number of benzene rings is 1. The summed E-state index contributed by atoms with van der Waals surface area (Å²) >= 11 is 0. The Labute approximate surface area is 81.4 Å². The van der Waals surface area contributed by atoms with Gasteiger partial charge in [-0.05, 0) is 6.07 Å². The SMILES string of the molecule is C=CCOC(=O)c1ccccc1[N+]#N. The van der Waals surface area contributed by atoms with Crippen molar-refractivity contribution in [1.29, 1.82) is 5.39 Å². The number of carbonyl (C=O) groups excluding carboxylic acids is 1. The highest BCUT2D eigenvalue weighted by atomic mass is 16.5. The van der Waals surface area contributed by atoms with Gasteiger partial charge in [0.2, 0.25) is 5.39 Å². The Bertz CT molecular complexity index is 393. The van der Waals surface area contributed by atoms with Gasteiger partial charge in [-0.2, -0.15) is 0 Å². The number of hydrogen-bond acceptors (Lipinski definition) is 3. The topological polar surface area (TPSA) is 54.5 Å². The summed E-state index contributed by atoms with van der Waals surface area (Å²) in [7, 11) is 0. The molecule has 0 fully saturated rings. The van der Waals surface area contributed by atoms with E-state index in [1.807, 2.05) is 0 Å². The van der Waals surface area contributed by atoms with Crippen LogP contribution in [0.1, 0.15) is 10.4 Å². The highest BCUT2D eigenvalue weighted by Crippen LogP contribution is 2.18. The van der Waals surface area contributed by atoms with Gasteiger partial charge in [0.25, 0.3) is 0 Å². The summed E-state index contributed by atoms with van der Waals surface area (Å²) in [5, 5.41) is 8.59. The lowest BCUT2D eigenvalue weighted by Gasteiger charge is -1.98. The third kappa shape index (κ3) is 2.17. The van der Waals surface area contributed by atoms with Crippen molar-refractivity contribution in [3.8, 4) is 0 Å². The smallest absolute Gasteiger partial charge is 0.399 e. The summed E-state index contributed by atoms with van der Waals surface area (Å²) in [6.45, 7) is 3.56. The first kappa shape index (κ1) is 9.93. The van der Waals surface area contributed by atoms with Crippen molar-refractivity contribution in [3.63, 3.8) is 0 Å². The van der Waals surface area contributed by atoms with Crippen molar-refractivity contribution < 1.29 is 9.53 Å². The van der Waals surface area contributed by atoms with E-state index in [0.717, 1.165) is 0 Å². The Hall–Kier alpha value is -2.15. The first-order valence-electron chi connectivity index (χ1n) is 4.01. The summed E-state index contributed by atoms with van der Waals surface area (Å²) in [5.41, 5.74) is 0.429. The van der Waals surface area contributed by atoms with Crippen molar-refractivity contribution in [1.82, 2.24) is 0 Å². The minimum atomic E-state index is -0.529. The molecule has 0 atom stereocenters. The van der Waals surface area contributed by atoms with Gasteiger partial charge in [0.15, 0.2) is 10.5 Å². The first-order chi connectivity index (χ1) is 6.79. The molecule has 0 bridgehead atoms. The number of esters is 1. The lowest BCUT2D eigenvalue weighted by atomic mass is 10.2. The maximum atomic E-state index is 11.3. The fourth-order valence-electron chi connectivity index (χ4n) is 0.946. The standard InChI is InChI=1S/C10H9N2O2/c1-2-7-14-10(13)8-5-3-4-6-9(8)12-11/h2-6H,1,7H2/q+1. The van der Waals surface area contributed by atoms with Crippen molar-refractivity contribution >= 4 is 11.7 Å². The highest BCUT2D eigenvalue weighted by Gasteiger charge is 2.20. The zero-order valence-electron chi connectivity index (χ0n) is 7.51. The van der Waals surface area contributed by atoms with E-state index < -0.39 is 5.97 Å². The van der Waals surface area contributed by atoms with Crippen LogP contribution in [0.5, 0.6) is 0 Å². The quantitative estimate of drug-likeness (QED) is 0.417. The summed E-state index contributed by atoms with van der Waals surface area (Å²) in [6, 6.07) is 6.38. The minimum Gasteiger partial charge on any atom is -0.458 e. The fourth-order valence-corrected chi connectivity index (χ4v) is 0.946. The van der Waals surface area contributed by atoms with Crippen LogP contribution < -0.4 is 0 Å². The van der Waals surface area contributed by atoms with Crippen LogP contribution in [0.3, 0.4) is 0 Å². The average molecular weight is 189 g/mol. The second-order valence-electron chi connectivity index (χ2n) is 2.50. The molecule has 70 valence electrons. The summed E-state index contributed by atoms with van der Waals surface area (Å²) < 4.78 is 4.79. The largest absolute Gasteiger partial charge is 0.458 e. The van der Waals surface area contributed by atoms with E-state index in [1.165, 1.54) is 18.2 Å². The molecule has 0 radical (unpaired) electrons. The van der Waals surface area contributed by atoms with Crippen LogP contribution in [-0.2, 0) is 4.74 Å². The van der Waals surface area contributed by atoms with Gasteiger partial charge in [0.1, 0.15) is 6.61 Å². The summed E-state index contributed by atoms with van der Waals surface area (Å²) in [6.07, 6.45) is 1.47. The van der Waals surface area contributed by atoms with Crippen molar-refractivity contribution in [2.45, 2.75) is 0 Å². The van der Waals surface area contributed by atoms with Crippen LogP contribution >= 0.6 is 0 Å². The summed E-state index contributed by atoms with van der Waals surface area (Å²) in [4.78, 5) is 14.3. The molecular formula is C10H9N2O2+. The predicted molar refractivity (Wildman–Crippen MR) is 51.7 cm³/mol. The summed E-state index contributed by atoms with van der Waals surface area (Å²) in [5.74, 6) is -0.529. The van der Waals surface area contributed by atoms with Gasteiger partial charge in [0, 0.05) is 6.07 Å². The van der Waals surface area contributed by atoms with Gasteiger partial charge >= 0.3 is 11.7 Å². The van der Waals surface area contributed by atoms with Gasteiger partial charge < -0.3 is 4.74 Å². The Balaban J connectivity index is 2.90. The molecule has 0 saturated carbocycles. The molecule has 4 heteroatoms. The molecule has 0 aliphatic carbocycles. The number of rotatable bonds is 3. The minimum absolute atomic E-state index is 0.137. The van der Waals surface area contributed by atoms with Gasteiger partial charge in [-0.3, -0.25) is 0 Å². The first-order valence-corrected chi connectivity index (χ1v) is 4.01. The number of carbonyl (C=O) groups is 1. The van der Waals surface area contributed by atoms with Crippen molar-refractivity contribution in [2.24, 2.45) is 0 Å². The normalized spacial score (nSPS) is 8.79. The molecule has 0 amide bonds. The van der Waals surface area contributed by atoms with Crippen LogP contribution in [-0.4, -0.2) is 12.6 Å². The van der Waals surface area contributed by atoms with Crippen molar-refractivity contribution in [3.05, 3.63) is 47.5 Å². The molecule has 0 heterocycles. The molecule has 1 aromatic rings. The molecule has 0 N–H and O–H groups in total. The number of ether oxygens (including phenoxy) is 1. The average Bonchev–Trinajstić information content (AvgIpc) is 2.25. The highest BCUT2D eigenvalue weighted by molar-refractivity contribution is 5.95. The van der Waals surface area contributed by atoms with Gasteiger partial charge in [-0.1, -0.05) is 24.8 Å². The Kier molecular flexibility index (Phi) is 3.39. The maximum Gasteiger partial charge on any atom is 0.399 e. The van der Waals surface area contributed by atoms with E-state index in [0.29, 0.717) is 0 Å². The molecule has 0 aromatic heterocycles. The fraction of sp³-hybridized carbons (Fsp3) is 0.100. The third-order valence-electron chi connectivity index (χ3n) is 1.56. The van der Waals surface area contributed by atoms with Crippen LogP contribution in [0.2, 0.25) is 0 Å². The molecular weight excluding hydrogens is 180 g/mol. The monoisotopic (exact) mass is 189 g/mol. The van der Waals surface area contributed by atoms with Crippen LogP contribution in [0.4, 0.5) is 5.69 Å². The zero-order chi connectivity index (χ0) is 10.4. The van der Waals surface area contributed by atoms with E-state index in [1.54, 1.807) is 12.1 Å². The number of nitrogens with zero attached hydrogens (tertiary/aromatic N) is 2. The van der Waals surface area contributed by atoms with Gasteiger partial charge in [-0.25, -0.2) is 4.79 Å². The lowest BCUT2D eigenvalue weighted by molar-refractivity contribution is 0.0551. The van der Waals surface area contributed by atoms with E-state index in [2.05, 4.69) is 11.6 Å². The van der Waals surface area contributed by atoms with E-state index in [4.69, 9.17) is 10.1 Å². The number of hydrogen-bond donors (Lipinski definition) is 0. The molecule has 0 aliphatic rings. The second-order valence-corrected chi connectivity index (χ2v) is 2.50. The molecule has 0 unspecified atom stereocenters. The van der Waals surface area contributed by atoms with Crippen molar-refractivity contribution in [2.75, 3.05) is 6.61 Å². The molecule has 14 heavy (non-hydrogen) atoms. The van der Waals surface area contributed by atoms with Gasteiger partial charge in [-0.15, -0.1) is 0 Å². The van der Waals surface area contributed by atoms with Crippen LogP contribution in [0, 0.1) is 5.39 Å². The molecule has 0 spiro atoms. The van der Waals surface area contributed by atoms with Crippen LogP contribution in [0.25, 0.3) is 4.98 Å². The Morgan fingerprint density at radius 1 is 1.57 bits per heavy atom. The Morgan fingerprint density at radius 2 is 2.29 bits per heavy atom. The second kappa shape index (κ2) is 4.77. The Morgan fingerprint density at radius 3 is 2.93 bits per heavy atom. The lowest BCUT2D eigenvalue weighted by Crippen LogP contribution is -2.04. The predicted octanol–water partition coefficient (Wildman–Crippen LogP) is 2.51. The zero-order valence-corrected chi connectivity index (χ0v) is 7.51. The maximum absolute atomic E-state index is 11.3. The van der Waals surface area contributed by atoms with E-state index >= 15 is 0 Å². The van der Waals surface area contributed by atoms with E-state index in [9.17, 15) is 4.79 Å². The molecule has 1 rings (SSSR count).